The SMILES string of the molecule is CCCn1nc(C)c(CNCc2ccc(-c3ccn[nH]3)cc2)c1C. The van der Waals surface area contributed by atoms with E-state index in [0.29, 0.717) is 0 Å². The van der Waals surface area contributed by atoms with Crippen molar-refractivity contribution >= 4 is 0 Å². The molecule has 24 heavy (non-hydrogen) atoms. The second-order valence-corrected chi connectivity index (χ2v) is 6.14. The Morgan fingerprint density at radius 3 is 2.54 bits per heavy atom. The number of H-pyrrole nitrogens is 1. The van der Waals surface area contributed by atoms with Crippen molar-refractivity contribution in [3.63, 3.8) is 0 Å². The summed E-state index contributed by atoms with van der Waals surface area (Å²) in [4.78, 5) is 0. The fourth-order valence-electron chi connectivity index (χ4n) is 2.97. The van der Waals surface area contributed by atoms with Crippen molar-refractivity contribution in [2.24, 2.45) is 0 Å². The number of benzene rings is 1. The summed E-state index contributed by atoms with van der Waals surface area (Å²) in [6.07, 6.45) is 2.88. The Kier molecular flexibility index (Phi) is 5.11. The zero-order chi connectivity index (χ0) is 16.9. The summed E-state index contributed by atoms with van der Waals surface area (Å²) in [6, 6.07) is 10.5. The van der Waals surface area contributed by atoms with E-state index in [0.717, 1.165) is 43.0 Å². The number of hydrogen-bond acceptors (Lipinski definition) is 3. The molecule has 2 aromatic heterocycles. The van der Waals surface area contributed by atoms with Gasteiger partial charge in [-0.05, 0) is 37.5 Å². The van der Waals surface area contributed by atoms with Crippen molar-refractivity contribution in [2.45, 2.75) is 46.8 Å². The van der Waals surface area contributed by atoms with Crippen molar-refractivity contribution in [1.82, 2.24) is 25.3 Å². The van der Waals surface area contributed by atoms with Gasteiger partial charge in [0.15, 0.2) is 0 Å². The summed E-state index contributed by atoms with van der Waals surface area (Å²) in [7, 11) is 0. The Balaban J connectivity index is 1.59. The summed E-state index contributed by atoms with van der Waals surface area (Å²) in [5.41, 5.74) is 7.19. The molecule has 5 nitrogen and oxygen atoms in total. The third-order valence-corrected chi connectivity index (χ3v) is 4.36. The van der Waals surface area contributed by atoms with Crippen LogP contribution in [0.2, 0.25) is 0 Å². The Labute approximate surface area is 143 Å². The largest absolute Gasteiger partial charge is 0.308 e. The fourth-order valence-corrected chi connectivity index (χ4v) is 2.97. The van der Waals surface area contributed by atoms with Crippen LogP contribution in [0.25, 0.3) is 11.3 Å². The molecule has 0 bridgehead atoms. The van der Waals surface area contributed by atoms with Crippen molar-refractivity contribution in [3.05, 3.63) is 59.0 Å². The van der Waals surface area contributed by atoms with Gasteiger partial charge in [0.1, 0.15) is 0 Å². The molecule has 1 aromatic carbocycles. The number of aryl methyl sites for hydroxylation is 2. The molecule has 5 heteroatoms. The molecule has 0 amide bonds. The molecule has 0 aliphatic rings. The molecule has 0 unspecified atom stereocenters. The van der Waals surface area contributed by atoms with Crippen LogP contribution in [0.1, 0.15) is 35.9 Å². The normalized spacial score (nSPS) is 11.1. The lowest BCUT2D eigenvalue weighted by Gasteiger charge is -2.07. The van der Waals surface area contributed by atoms with Crippen molar-refractivity contribution < 1.29 is 0 Å². The minimum atomic E-state index is 0.848. The second-order valence-electron chi connectivity index (χ2n) is 6.14. The molecule has 3 rings (SSSR count). The monoisotopic (exact) mass is 323 g/mol. The van der Waals surface area contributed by atoms with Gasteiger partial charge in [0.05, 0.1) is 11.4 Å². The van der Waals surface area contributed by atoms with E-state index in [2.05, 4.69) is 70.3 Å². The summed E-state index contributed by atoms with van der Waals surface area (Å²) in [6.45, 7) is 9.12. The average molecular weight is 323 g/mol. The maximum Gasteiger partial charge on any atom is 0.0650 e. The van der Waals surface area contributed by atoms with E-state index in [4.69, 9.17) is 0 Å². The van der Waals surface area contributed by atoms with Gasteiger partial charge in [-0.15, -0.1) is 0 Å². The predicted octanol–water partition coefficient (Wildman–Crippen LogP) is 3.59. The van der Waals surface area contributed by atoms with Gasteiger partial charge >= 0.3 is 0 Å². The van der Waals surface area contributed by atoms with Crippen LogP contribution in [-0.2, 0) is 19.6 Å². The standard InChI is InChI=1S/C19H25N5/c1-4-11-24-15(3)18(14(2)23-24)13-20-12-16-5-7-17(8-6-16)19-9-10-21-22-19/h5-10,20H,4,11-13H2,1-3H3,(H,21,22). The summed E-state index contributed by atoms with van der Waals surface area (Å²) >= 11 is 0. The van der Waals surface area contributed by atoms with E-state index in [1.165, 1.54) is 16.8 Å². The lowest BCUT2D eigenvalue weighted by atomic mass is 10.1. The molecular weight excluding hydrogens is 298 g/mol. The van der Waals surface area contributed by atoms with Crippen LogP contribution in [0.4, 0.5) is 0 Å². The molecule has 0 fully saturated rings. The molecule has 2 N–H and O–H groups in total. The minimum absolute atomic E-state index is 0.848. The lowest BCUT2D eigenvalue weighted by molar-refractivity contribution is 0.581. The van der Waals surface area contributed by atoms with Crippen LogP contribution in [0.3, 0.4) is 0 Å². The summed E-state index contributed by atoms with van der Waals surface area (Å²) in [5.74, 6) is 0. The van der Waals surface area contributed by atoms with Crippen molar-refractivity contribution in [2.75, 3.05) is 0 Å². The molecule has 0 spiro atoms. The van der Waals surface area contributed by atoms with Crippen LogP contribution in [-0.4, -0.2) is 20.0 Å². The fraction of sp³-hybridized carbons (Fsp3) is 0.368. The van der Waals surface area contributed by atoms with Crippen LogP contribution in [0.15, 0.2) is 36.5 Å². The zero-order valence-electron chi connectivity index (χ0n) is 14.6. The van der Waals surface area contributed by atoms with E-state index in [1.807, 2.05) is 6.07 Å². The summed E-state index contributed by atoms with van der Waals surface area (Å²) < 4.78 is 2.12. The van der Waals surface area contributed by atoms with Gasteiger partial charge in [0, 0.05) is 37.1 Å². The maximum atomic E-state index is 4.63. The molecule has 0 atom stereocenters. The molecule has 0 radical (unpaired) electrons. The van der Waals surface area contributed by atoms with Crippen molar-refractivity contribution in [3.8, 4) is 11.3 Å². The van der Waals surface area contributed by atoms with Gasteiger partial charge in [-0.3, -0.25) is 9.78 Å². The molecule has 126 valence electrons. The third-order valence-electron chi connectivity index (χ3n) is 4.36. The first kappa shape index (κ1) is 16.5. The van der Waals surface area contributed by atoms with Gasteiger partial charge in [0.2, 0.25) is 0 Å². The number of aromatic nitrogens is 4. The molecule has 0 aliphatic carbocycles. The highest BCUT2D eigenvalue weighted by Gasteiger charge is 2.10. The molecule has 2 heterocycles. The highest BCUT2D eigenvalue weighted by molar-refractivity contribution is 5.58. The highest BCUT2D eigenvalue weighted by atomic mass is 15.3. The highest BCUT2D eigenvalue weighted by Crippen LogP contribution is 2.17. The molecule has 3 aromatic rings. The summed E-state index contributed by atoms with van der Waals surface area (Å²) in [5, 5.41) is 15.1. The van der Waals surface area contributed by atoms with Crippen molar-refractivity contribution in [1.29, 1.82) is 0 Å². The topological polar surface area (TPSA) is 58.5 Å². The number of nitrogens with zero attached hydrogens (tertiary/aromatic N) is 3. The van der Waals surface area contributed by atoms with E-state index in [-0.39, 0.29) is 0 Å². The van der Waals surface area contributed by atoms with E-state index in [9.17, 15) is 0 Å². The first-order valence-corrected chi connectivity index (χ1v) is 8.51. The number of nitrogens with one attached hydrogen (secondary N) is 2. The predicted molar refractivity (Wildman–Crippen MR) is 96.6 cm³/mol. The van der Waals surface area contributed by atoms with Crippen LogP contribution in [0, 0.1) is 13.8 Å². The minimum Gasteiger partial charge on any atom is -0.308 e. The van der Waals surface area contributed by atoms with Gasteiger partial charge in [-0.2, -0.15) is 10.2 Å². The average Bonchev–Trinajstić information content (AvgIpc) is 3.20. The maximum absolute atomic E-state index is 4.63. The quantitative estimate of drug-likeness (QED) is 0.698. The van der Waals surface area contributed by atoms with Crippen LogP contribution >= 0.6 is 0 Å². The number of hydrogen-bond donors (Lipinski definition) is 2. The molecule has 0 saturated heterocycles. The first-order chi connectivity index (χ1) is 11.7. The van der Waals surface area contributed by atoms with Crippen LogP contribution < -0.4 is 5.32 Å². The smallest absolute Gasteiger partial charge is 0.0650 e. The molecular formula is C19H25N5. The van der Waals surface area contributed by atoms with Gasteiger partial charge in [-0.25, -0.2) is 0 Å². The number of aromatic amines is 1. The van der Waals surface area contributed by atoms with E-state index in [1.54, 1.807) is 6.20 Å². The second kappa shape index (κ2) is 7.45. The number of rotatable bonds is 7. The van der Waals surface area contributed by atoms with Crippen LogP contribution in [0.5, 0.6) is 0 Å². The lowest BCUT2D eigenvalue weighted by Crippen LogP contribution is -2.14. The van der Waals surface area contributed by atoms with Gasteiger partial charge < -0.3 is 5.32 Å². The molecule has 0 aliphatic heterocycles. The Morgan fingerprint density at radius 1 is 1.08 bits per heavy atom. The Hall–Kier alpha value is -2.40. The zero-order valence-corrected chi connectivity index (χ0v) is 14.6. The third kappa shape index (κ3) is 3.57. The van der Waals surface area contributed by atoms with Gasteiger partial charge in [-0.1, -0.05) is 31.2 Å². The molecule has 0 saturated carbocycles. The van der Waals surface area contributed by atoms with E-state index >= 15 is 0 Å². The Morgan fingerprint density at radius 2 is 1.88 bits per heavy atom. The van der Waals surface area contributed by atoms with Gasteiger partial charge in [0.25, 0.3) is 0 Å². The van der Waals surface area contributed by atoms with E-state index < -0.39 is 0 Å². The Bertz CT molecular complexity index is 769. The first-order valence-electron chi connectivity index (χ1n) is 8.51.